The molecular formula is C52H62F8N10O8. The second-order valence-corrected chi connectivity index (χ2v) is 21.3. The molecule has 78 heavy (non-hydrogen) atoms. The van der Waals surface area contributed by atoms with Crippen LogP contribution in [0, 0.1) is 22.5 Å². The number of alkyl carbamates (subject to hydrolysis) is 2. The Bertz CT molecular complexity index is 2790. The summed E-state index contributed by atoms with van der Waals surface area (Å²) in [6.45, 7) is 3.66. The quantitative estimate of drug-likeness (QED) is 0.0479. The molecule has 26 heteroatoms. The fraction of sp³-hybridized carbons (Fsp3) is 0.538. The van der Waals surface area contributed by atoms with Crippen LogP contribution in [-0.4, -0.2) is 156 Å². The van der Waals surface area contributed by atoms with Gasteiger partial charge in [-0.2, -0.15) is 31.4 Å². The molecule has 5 N–H and O–H groups in total. The zero-order valence-corrected chi connectivity index (χ0v) is 43.6. The number of methoxy groups -OCH3 is 2. The van der Waals surface area contributed by atoms with E-state index in [9.17, 15) is 50.6 Å². The number of piperazine rings is 1. The maximum atomic E-state index is 16.2. The minimum Gasteiger partial charge on any atom is -0.453 e. The summed E-state index contributed by atoms with van der Waals surface area (Å²) in [4.78, 5) is 62.6. The zero-order chi connectivity index (χ0) is 56.6. The molecule has 4 fully saturated rings. The highest BCUT2D eigenvalue weighted by molar-refractivity contribution is 5.87. The summed E-state index contributed by atoms with van der Waals surface area (Å²) in [5.74, 6) is -4.70. The van der Waals surface area contributed by atoms with E-state index in [-0.39, 0.29) is 17.3 Å². The summed E-state index contributed by atoms with van der Waals surface area (Å²) >= 11 is 0. The van der Waals surface area contributed by atoms with Crippen LogP contribution in [0.15, 0.2) is 67.0 Å². The van der Waals surface area contributed by atoms with Crippen LogP contribution in [0.25, 0.3) is 22.4 Å². The van der Waals surface area contributed by atoms with E-state index in [4.69, 9.17) is 9.72 Å². The number of hydrazine groups is 1. The Morgan fingerprint density at radius 2 is 1.35 bits per heavy atom. The number of hydrogen-bond acceptors (Lipinski definition) is 13. The van der Waals surface area contributed by atoms with Crippen molar-refractivity contribution in [1.82, 2.24) is 46.0 Å². The first-order chi connectivity index (χ1) is 36.7. The van der Waals surface area contributed by atoms with Crippen molar-refractivity contribution in [2.45, 2.75) is 121 Å². The van der Waals surface area contributed by atoms with Crippen molar-refractivity contribution in [2.24, 2.45) is 10.8 Å². The summed E-state index contributed by atoms with van der Waals surface area (Å²) in [5, 5.41) is 23.3. The molecular weight excluding hydrogens is 1040 g/mol. The summed E-state index contributed by atoms with van der Waals surface area (Å²) in [5.41, 5.74) is -2.69. The minimum absolute atomic E-state index is 0.0118. The topological polar surface area (TPSA) is 205 Å². The molecule has 4 amide bonds. The second-order valence-electron chi connectivity index (χ2n) is 21.3. The number of alkyl halides is 6. The number of aliphatic hydroxyl groups is 1. The van der Waals surface area contributed by atoms with Gasteiger partial charge in [0, 0.05) is 67.3 Å². The molecule has 6 atom stereocenters. The molecule has 4 aromatic rings. The third-order valence-corrected chi connectivity index (χ3v) is 15.3. The number of ether oxygens (including phenoxy) is 3. The number of anilines is 1. The van der Waals surface area contributed by atoms with Gasteiger partial charge in [0.25, 0.3) is 5.91 Å². The lowest BCUT2D eigenvalue weighted by atomic mass is 9.82. The Hall–Kier alpha value is -6.64. The monoisotopic (exact) mass is 1110 g/mol. The summed E-state index contributed by atoms with van der Waals surface area (Å²) in [6.07, 6.45) is -9.53. The van der Waals surface area contributed by atoms with Crippen LogP contribution in [-0.2, 0) is 36.8 Å². The standard InChI is InChI=1S/C52H62F8N10O8/c1-49(2,51(55,56)57)43(63-47(74)76-5)45(72)62-40(17-28-7-9-29(10-8-28)30-11-14-42(61-21-30)69-23-33-20-34(69)22-68(33)35-26-78-27-35)41(71)25-67(66-46(73)44(64-48(75)77-6)50(3,4)52(58,59)60)24-36-37(53)18-31(19-38(36)54)39-15-16-70(65-39)32-12-13-32/h7-11,14-16,18-19,21,32-35,40-41,43-44,71H,12-13,17,20,22-27H2,1-6H3,(H,62,72)(H,63,74)(H,64,75)(H,66,73)/t33-,34-,40-,41-,43+,44+/m0/s1. The molecule has 1 saturated carbocycles. The second kappa shape index (κ2) is 22.6. The molecule has 18 nitrogen and oxygen atoms in total. The Morgan fingerprint density at radius 1 is 0.756 bits per heavy atom. The van der Waals surface area contributed by atoms with Gasteiger partial charge in [0.05, 0.1) is 68.2 Å². The minimum atomic E-state index is -5.17. The van der Waals surface area contributed by atoms with Gasteiger partial charge in [-0.25, -0.2) is 28.4 Å². The molecule has 0 unspecified atom stereocenters. The number of aromatic nitrogens is 3. The van der Waals surface area contributed by atoms with Crippen molar-refractivity contribution in [1.29, 1.82) is 0 Å². The molecule has 8 rings (SSSR count). The Balaban J connectivity index is 1.09. The fourth-order valence-electron chi connectivity index (χ4n) is 9.88. The van der Waals surface area contributed by atoms with Gasteiger partial charge < -0.3 is 40.2 Å². The van der Waals surface area contributed by atoms with E-state index in [1.807, 2.05) is 22.8 Å². The van der Waals surface area contributed by atoms with E-state index < -0.39 is 108 Å². The highest BCUT2D eigenvalue weighted by Crippen LogP contribution is 2.43. The predicted molar refractivity (Wildman–Crippen MR) is 265 cm³/mol. The van der Waals surface area contributed by atoms with E-state index in [0.29, 0.717) is 62.0 Å². The van der Waals surface area contributed by atoms with Crippen LogP contribution in [0.2, 0.25) is 0 Å². The van der Waals surface area contributed by atoms with Gasteiger partial charge in [0.2, 0.25) is 5.91 Å². The normalized spacial score (nSPS) is 19.7. The predicted octanol–water partition coefficient (Wildman–Crippen LogP) is 6.43. The molecule has 0 radical (unpaired) electrons. The number of amides is 4. The SMILES string of the molecule is COC(=O)N[C@H](C(=O)N[C@@H](Cc1ccc(-c2ccc(N3C[C@@H]4C[C@H]3CN4C3COC3)nc2)cc1)[C@@H](O)CN(Cc1c(F)cc(-c2ccn(C3CC3)n2)cc1F)NC(=O)[C@@H](NC(=O)OC)C(C)(C)C(F)(F)F)C(C)(C)C(F)(F)F. The number of halogens is 8. The van der Waals surface area contributed by atoms with Crippen molar-refractivity contribution >= 4 is 29.8 Å². The molecule has 3 saturated heterocycles. The molecule has 0 spiro atoms. The van der Waals surface area contributed by atoms with E-state index in [0.717, 1.165) is 83.3 Å². The van der Waals surface area contributed by atoms with E-state index in [1.54, 1.807) is 47.4 Å². The number of aliphatic hydroxyl groups excluding tert-OH is 1. The zero-order valence-electron chi connectivity index (χ0n) is 43.6. The Kier molecular flexibility index (Phi) is 16.7. The van der Waals surface area contributed by atoms with E-state index in [2.05, 4.69) is 35.1 Å². The summed E-state index contributed by atoms with van der Waals surface area (Å²) in [7, 11) is 1.68. The van der Waals surface area contributed by atoms with Gasteiger partial charge >= 0.3 is 24.5 Å². The van der Waals surface area contributed by atoms with Gasteiger partial charge in [-0.3, -0.25) is 24.6 Å². The maximum absolute atomic E-state index is 16.2. The molecule has 424 valence electrons. The lowest BCUT2D eigenvalue weighted by Crippen LogP contribution is -2.63. The van der Waals surface area contributed by atoms with Crippen LogP contribution >= 0.6 is 0 Å². The van der Waals surface area contributed by atoms with Crippen LogP contribution < -0.4 is 26.3 Å². The number of carbonyl (C=O) groups excluding carboxylic acids is 4. The van der Waals surface area contributed by atoms with Crippen molar-refractivity contribution in [3.05, 3.63) is 89.8 Å². The first-order valence-corrected chi connectivity index (χ1v) is 25.2. The van der Waals surface area contributed by atoms with Crippen molar-refractivity contribution in [3.8, 4) is 22.4 Å². The maximum Gasteiger partial charge on any atom is 0.407 e. The summed E-state index contributed by atoms with van der Waals surface area (Å²) < 4.78 is 136. The highest BCUT2D eigenvalue weighted by atomic mass is 19.4. The molecule has 2 bridgehead atoms. The fourth-order valence-corrected chi connectivity index (χ4v) is 9.88. The van der Waals surface area contributed by atoms with E-state index >= 15 is 8.78 Å². The van der Waals surface area contributed by atoms with Crippen LogP contribution in [0.4, 0.5) is 50.5 Å². The first kappa shape index (κ1) is 57.5. The number of carbonyl (C=O) groups is 4. The van der Waals surface area contributed by atoms with Crippen molar-refractivity contribution in [2.75, 3.05) is 52.0 Å². The van der Waals surface area contributed by atoms with Gasteiger partial charge in [-0.05, 0) is 94.8 Å². The third-order valence-electron chi connectivity index (χ3n) is 15.3. The number of nitrogens with zero attached hydrogens (tertiary/aromatic N) is 6. The van der Waals surface area contributed by atoms with Crippen LogP contribution in [0.1, 0.15) is 64.1 Å². The smallest absolute Gasteiger partial charge is 0.407 e. The molecule has 4 aliphatic rings. The lowest BCUT2D eigenvalue weighted by Gasteiger charge is -2.42. The molecule has 2 aromatic carbocycles. The van der Waals surface area contributed by atoms with Gasteiger partial charge in [-0.15, -0.1) is 0 Å². The average Bonchev–Trinajstić information content (AvgIpc) is 3.95. The molecule has 3 aliphatic heterocycles. The first-order valence-electron chi connectivity index (χ1n) is 25.2. The Labute approximate surface area is 444 Å². The largest absolute Gasteiger partial charge is 0.453 e. The van der Waals surface area contributed by atoms with Gasteiger partial charge in [0.15, 0.2) is 0 Å². The highest BCUT2D eigenvalue weighted by Gasteiger charge is 2.57. The van der Waals surface area contributed by atoms with Crippen molar-refractivity contribution in [3.63, 3.8) is 0 Å². The number of nitrogens with one attached hydrogen (secondary N) is 4. The molecule has 2 aromatic heterocycles. The van der Waals surface area contributed by atoms with E-state index in [1.165, 1.54) is 0 Å². The number of fused-ring (bicyclic) bond motifs is 2. The number of likely N-dealkylation sites (tertiary alicyclic amines) is 1. The number of hydrogen-bond donors (Lipinski definition) is 5. The van der Waals surface area contributed by atoms with Gasteiger partial charge in [-0.1, -0.05) is 24.3 Å². The van der Waals surface area contributed by atoms with Gasteiger partial charge in [0.1, 0.15) is 29.5 Å². The third kappa shape index (κ3) is 12.4. The van der Waals surface area contributed by atoms with Crippen molar-refractivity contribution < 1.29 is 73.6 Å². The molecule has 1 aliphatic carbocycles. The average molecular weight is 1110 g/mol. The van der Waals surface area contributed by atoms with Crippen LogP contribution in [0.3, 0.4) is 0 Å². The molecule has 5 heterocycles. The van der Waals surface area contributed by atoms with Crippen LogP contribution in [0.5, 0.6) is 0 Å². The lowest BCUT2D eigenvalue weighted by molar-refractivity contribution is -0.221. The number of rotatable bonds is 20. The Morgan fingerprint density at radius 3 is 1.85 bits per heavy atom. The summed E-state index contributed by atoms with van der Waals surface area (Å²) in [6, 6.07) is 8.52. The number of benzene rings is 2. The number of pyridine rings is 1.